The molecular weight excluding hydrogens is 588 g/mol. The molecule has 1 saturated heterocycles. The van der Waals surface area contributed by atoms with Crippen LogP contribution in [0.4, 0.5) is 10.5 Å². The Balaban J connectivity index is 1.07. The molecule has 10 nitrogen and oxygen atoms in total. The molecule has 2 amide bonds. The van der Waals surface area contributed by atoms with E-state index in [0.717, 1.165) is 16.6 Å². The molecule has 1 aliphatic heterocycles. The highest BCUT2D eigenvalue weighted by Crippen LogP contribution is 2.30. The number of nitriles is 1. The van der Waals surface area contributed by atoms with E-state index in [4.69, 9.17) is 16.3 Å². The molecule has 1 aromatic heterocycles. The fourth-order valence-electron chi connectivity index (χ4n) is 4.98. The molecule has 0 spiro atoms. The van der Waals surface area contributed by atoms with Gasteiger partial charge < -0.3 is 20.3 Å². The SMILES string of the molecule is Cc1cc(NC(=O)NCCN2CCC(NS(=O)(=O)c3ccc(Oc4cccc(Cl)c4C#N)cc3)CC2)c2ccccc2n1. The highest BCUT2D eigenvalue weighted by molar-refractivity contribution is 7.89. The molecule has 2 heterocycles. The van der Waals surface area contributed by atoms with Crippen molar-refractivity contribution in [1.82, 2.24) is 19.9 Å². The summed E-state index contributed by atoms with van der Waals surface area (Å²) in [5, 5.41) is 16.3. The van der Waals surface area contributed by atoms with Crippen LogP contribution in [0.3, 0.4) is 0 Å². The van der Waals surface area contributed by atoms with E-state index >= 15 is 0 Å². The molecule has 3 aromatic carbocycles. The maximum absolute atomic E-state index is 13.0. The van der Waals surface area contributed by atoms with Gasteiger partial charge in [-0.05, 0) is 81.4 Å². The van der Waals surface area contributed by atoms with Crippen LogP contribution in [0.1, 0.15) is 24.1 Å². The first-order chi connectivity index (χ1) is 20.7. The first-order valence-corrected chi connectivity index (χ1v) is 15.7. The van der Waals surface area contributed by atoms with Crippen molar-refractivity contribution < 1.29 is 17.9 Å². The summed E-state index contributed by atoms with van der Waals surface area (Å²) in [4.78, 5) is 19.4. The third kappa shape index (κ3) is 7.60. The molecule has 222 valence electrons. The maximum atomic E-state index is 13.0. The van der Waals surface area contributed by atoms with E-state index in [9.17, 15) is 18.5 Å². The number of aryl methyl sites for hydroxylation is 1. The Labute approximate surface area is 255 Å². The number of rotatable bonds is 9. The van der Waals surface area contributed by atoms with Crippen LogP contribution < -0.4 is 20.1 Å². The van der Waals surface area contributed by atoms with Crippen molar-refractivity contribution in [3.05, 3.63) is 89.1 Å². The minimum absolute atomic E-state index is 0.126. The predicted molar refractivity (Wildman–Crippen MR) is 166 cm³/mol. The number of amides is 2. The zero-order chi connectivity index (χ0) is 30.4. The third-order valence-corrected chi connectivity index (χ3v) is 9.02. The topological polar surface area (TPSA) is 136 Å². The van der Waals surface area contributed by atoms with Crippen LogP contribution in [0.25, 0.3) is 10.9 Å². The Morgan fingerprint density at radius 3 is 2.58 bits per heavy atom. The molecule has 1 fully saturated rings. The normalized spacial score (nSPS) is 14.3. The van der Waals surface area contributed by atoms with Crippen molar-refractivity contribution in [3.8, 4) is 17.6 Å². The van der Waals surface area contributed by atoms with Gasteiger partial charge in [-0.15, -0.1) is 0 Å². The number of aromatic nitrogens is 1. The van der Waals surface area contributed by atoms with E-state index in [-0.39, 0.29) is 27.6 Å². The Morgan fingerprint density at radius 2 is 1.84 bits per heavy atom. The van der Waals surface area contributed by atoms with Crippen molar-refractivity contribution in [2.24, 2.45) is 0 Å². The average Bonchev–Trinajstić information content (AvgIpc) is 2.98. The molecular formula is C31H31ClN6O4S. The second kappa shape index (κ2) is 13.4. The Kier molecular flexibility index (Phi) is 9.43. The Hall–Kier alpha value is -4.21. The smallest absolute Gasteiger partial charge is 0.319 e. The molecule has 0 unspecified atom stereocenters. The van der Waals surface area contributed by atoms with Gasteiger partial charge in [0.25, 0.3) is 0 Å². The largest absolute Gasteiger partial charge is 0.456 e. The molecule has 43 heavy (non-hydrogen) atoms. The number of hydrogen-bond acceptors (Lipinski definition) is 7. The van der Waals surface area contributed by atoms with Gasteiger partial charge in [-0.25, -0.2) is 17.9 Å². The van der Waals surface area contributed by atoms with Crippen LogP contribution in [0.5, 0.6) is 11.5 Å². The highest BCUT2D eigenvalue weighted by Gasteiger charge is 2.25. The van der Waals surface area contributed by atoms with Crippen LogP contribution in [0, 0.1) is 18.3 Å². The summed E-state index contributed by atoms with van der Waals surface area (Å²) in [6.45, 7) is 4.42. The molecule has 0 bridgehead atoms. The molecule has 0 saturated carbocycles. The molecule has 5 rings (SSSR count). The number of nitrogens with zero attached hydrogens (tertiary/aromatic N) is 3. The van der Waals surface area contributed by atoms with Gasteiger partial charge in [0.2, 0.25) is 10.0 Å². The maximum Gasteiger partial charge on any atom is 0.319 e. The van der Waals surface area contributed by atoms with Gasteiger partial charge >= 0.3 is 6.03 Å². The third-order valence-electron chi connectivity index (χ3n) is 7.16. The van der Waals surface area contributed by atoms with Crippen LogP contribution >= 0.6 is 11.6 Å². The summed E-state index contributed by atoms with van der Waals surface area (Å²) in [5.41, 5.74) is 2.57. The number of likely N-dealkylation sites (tertiary alicyclic amines) is 1. The first kappa shape index (κ1) is 30.3. The summed E-state index contributed by atoms with van der Waals surface area (Å²) in [6, 6.07) is 22.0. The van der Waals surface area contributed by atoms with Gasteiger partial charge in [0.15, 0.2) is 0 Å². The van der Waals surface area contributed by atoms with E-state index in [0.29, 0.717) is 56.2 Å². The second-order valence-electron chi connectivity index (χ2n) is 10.2. The van der Waals surface area contributed by atoms with Crippen LogP contribution in [0.15, 0.2) is 77.7 Å². The quantitative estimate of drug-likeness (QED) is 0.228. The predicted octanol–water partition coefficient (Wildman–Crippen LogP) is 5.43. The van der Waals surface area contributed by atoms with E-state index in [2.05, 4.69) is 25.2 Å². The summed E-state index contributed by atoms with van der Waals surface area (Å²) in [5.74, 6) is 0.682. The van der Waals surface area contributed by atoms with Crippen molar-refractivity contribution in [3.63, 3.8) is 0 Å². The van der Waals surface area contributed by atoms with Gasteiger partial charge in [-0.3, -0.25) is 4.98 Å². The van der Waals surface area contributed by atoms with Gasteiger partial charge in [0, 0.05) is 30.2 Å². The van der Waals surface area contributed by atoms with Crippen molar-refractivity contribution in [2.45, 2.75) is 30.7 Å². The fourth-order valence-corrected chi connectivity index (χ4v) is 6.49. The summed E-state index contributed by atoms with van der Waals surface area (Å²) < 4.78 is 34.6. The Morgan fingerprint density at radius 1 is 1.09 bits per heavy atom. The number of fused-ring (bicyclic) bond motifs is 1. The summed E-state index contributed by atoms with van der Waals surface area (Å²) in [6.07, 6.45) is 1.31. The first-order valence-electron chi connectivity index (χ1n) is 13.8. The molecule has 0 aliphatic carbocycles. The number of carbonyl (C=O) groups excluding carboxylic acids is 1. The number of sulfonamides is 1. The lowest BCUT2D eigenvalue weighted by atomic mass is 10.1. The number of benzene rings is 3. The van der Waals surface area contributed by atoms with E-state index in [1.54, 1.807) is 30.3 Å². The second-order valence-corrected chi connectivity index (χ2v) is 12.4. The fraction of sp³-hybridized carbons (Fsp3) is 0.258. The van der Waals surface area contributed by atoms with Gasteiger partial charge in [-0.2, -0.15) is 5.26 Å². The van der Waals surface area contributed by atoms with Gasteiger partial charge in [-0.1, -0.05) is 35.9 Å². The van der Waals surface area contributed by atoms with Crippen molar-refractivity contribution >= 4 is 44.2 Å². The highest BCUT2D eigenvalue weighted by atomic mass is 35.5. The number of piperidine rings is 1. The zero-order valence-electron chi connectivity index (χ0n) is 23.5. The van der Waals surface area contributed by atoms with Crippen LogP contribution in [0.2, 0.25) is 5.02 Å². The number of carbonyl (C=O) groups is 1. The molecule has 12 heteroatoms. The van der Waals surface area contributed by atoms with Crippen molar-refractivity contribution in [1.29, 1.82) is 5.26 Å². The van der Waals surface area contributed by atoms with Gasteiger partial charge in [0.1, 0.15) is 23.1 Å². The number of hydrogen-bond donors (Lipinski definition) is 3. The molecule has 0 radical (unpaired) electrons. The van der Waals surface area contributed by atoms with Crippen LogP contribution in [-0.4, -0.2) is 56.6 Å². The lowest BCUT2D eigenvalue weighted by Crippen LogP contribution is -2.46. The lowest BCUT2D eigenvalue weighted by molar-refractivity contribution is 0.206. The van der Waals surface area contributed by atoms with Gasteiger partial charge in [0.05, 0.1) is 21.1 Å². The summed E-state index contributed by atoms with van der Waals surface area (Å²) in [7, 11) is -3.73. The number of nitrogens with one attached hydrogen (secondary N) is 3. The number of pyridine rings is 1. The molecule has 4 aromatic rings. The van der Waals surface area contributed by atoms with Crippen LogP contribution in [-0.2, 0) is 10.0 Å². The minimum atomic E-state index is -3.73. The number of ether oxygens (including phenoxy) is 1. The standard InChI is InChI=1S/C31H31ClN6O4S/c1-21-19-29(25-5-2-3-7-28(25)35-21)36-31(39)34-15-18-38-16-13-22(14-17-38)37-43(40,41)24-11-9-23(10-12-24)42-30-8-4-6-27(32)26(30)20-33/h2-12,19,22,37H,13-18H2,1H3,(H2,34,35,36,39). The minimum Gasteiger partial charge on any atom is -0.456 e. The number of para-hydroxylation sites is 1. The van der Waals surface area contributed by atoms with Crippen molar-refractivity contribution in [2.75, 3.05) is 31.5 Å². The Bertz CT molecular complexity index is 1770. The number of halogens is 1. The number of anilines is 1. The summed E-state index contributed by atoms with van der Waals surface area (Å²) >= 11 is 6.05. The monoisotopic (exact) mass is 618 g/mol. The lowest BCUT2D eigenvalue weighted by Gasteiger charge is -2.32. The van der Waals surface area contributed by atoms with E-state index < -0.39 is 10.0 Å². The zero-order valence-corrected chi connectivity index (χ0v) is 25.1. The molecule has 3 N–H and O–H groups in total. The molecule has 0 atom stereocenters. The number of urea groups is 1. The van der Waals surface area contributed by atoms with E-state index in [1.165, 1.54) is 12.1 Å². The van der Waals surface area contributed by atoms with E-state index in [1.807, 2.05) is 43.3 Å². The molecule has 1 aliphatic rings. The average molecular weight is 619 g/mol.